The highest BCUT2D eigenvalue weighted by Gasteiger charge is 2.34. The second kappa shape index (κ2) is 13.5. The van der Waals surface area contributed by atoms with Gasteiger partial charge in [0, 0.05) is 24.0 Å². The first-order chi connectivity index (χ1) is 19.5. The second-order valence-electron chi connectivity index (χ2n) is 10.8. The number of nitrogens with zero attached hydrogens (tertiary/aromatic N) is 2. The quantitative estimate of drug-likeness (QED) is 0.321. The van der Waals surface area contributed by atoms with E-state index in [1.807, 2.05) is 61.5 Å². The van der Waals surface area contributed by atoms with Gasteiger partial charge in [0.25, 0.3) is 0 Å². The summed E-state index contributed by atoms with van der Waals surface area (Å²) in [5, 5.41) is 3.66. The van der Waals surface area contributed by atoms with Crippen molar-refractivity contribution in [1.82, 2.24) is 10.2 Å². The highest BCUT2D eigenvalue weighted by atomic mass is 35.5. The number of hydrogen-bond donors (Lipinski definition) is 1. The van der Waals surface area contributed by atoms with Crippen molar-refractivity contribution in [2.75, 3.05) is 17.1 Å². The molecule has 7 nitrogen and oxygen atoms in total. The Hall–Kier alpha value is -3.36. The van der Waals surface area contributed by atoms with Gasteiger partial charge in [-0.15, -0.1) is 0 Å². The van der Waals surface area contributed by atoms with E-state index in [0.29, 0.717) is 22.7 Å². The lowest BCUT2D eigenvalue weighted by Gasteiger charge is -2.34. The van der Waals surface area contributed by atoms with Gasteiger partial charge in [-0.25, -0.2) is 8.42 Å². The van der Waals surface area contributed by atoms with Crippen molar-refractivity contribution in [1.29, 1.82) is 0 Å². The summed E-state index contributed by atoms with van der Waals surface area (Å²) in [6.07, 6.45) is 5.32. The van der Waals surface area contributed by atoms with Crippen LogP contribution in [0.1, 0.15) is 47.9 Å². The summed E-state index contributed by atoms with van der Waals surface area (Å²) in [6, 6.07) is 21.4. The van der Waals surface area contributed by atoms with E-state index in [9.17, 15) is 18.0 Å². The number of anilines is 1. The van der Waals surface area contributed by atoms with Crippen LogP contribution >= 0.6 is 11.6 Å². The summed E-state index contributed by atoms with van der Waals surface area (Å²) in [7, 11) is -3.84. The number of sulfonamides is 1. The maximum Gasteiger partial charge on any atom is 0.244 e. The van der Waals surface area contributed by atoms with Crippen LogP contribution in [0.3, 0.4) is 0 Å². The first kappa shape index (κ1) is 30.6. The van der Waals surface area contributed by atoms with Gasteiger partial charge >= 0.3 is 0 Å². The predicted molar refractivity (Wildman–Crippen MR) is 164 cm³/mol. The summed E-state index contributed by atoms with van der Waals surface area (Å²) < 4.78 is 27.1. The lowest BCUT2D eigenvalue weighted by Crippen LogP contribution is -2.54. The van der Waals surface area contributed by atoms with Crippen molar-refractivity contribution in [2.24, 2.45) is 0 Å². The maximum atomic E-state index is 14.3. The number of benzene rings is 3. The fourth-order valence-corrected chi connectivity index (χ4v) is 6.52. The fourth-order valence-electron chi connectivity index (χ4n) is 5.39. The summed E-state index contributed by atoms with van der Waals surface area (Å²) in [5.41, 5.74) is 3.78. The number of hydrogen-bond acceptors (Lipinski definition) is 4. The van der Waals surface area contributed by atoms with Crippen molar-refractivity contribution in [3.63, 3.8) is 0 Å². The van der Waals surface area contributed by atoms with Gasteiger partial charge in [0.1, 0.15) is 12.6 Å². The van der Waals surface area contributed by atoms with Crippen LogP contribution in [-0.4, -0.2) is 50.0 Å². The SMILES string of the molecule is Cc1ccccc1CN(C(=O)CN(c1ccc(Cl)cc1C)S(C)(=O)=O)[C@@H](Cc1ccccc1)C(=O)NC1CCCC1. The maximum absolute atomic E-state index is 14.3. The minimum absolute atomic E-state index is 0.0698. The smallest absolute Gasteiger partial charge is 0.244 e. The summed E-state index contributed by atoms with van der Waals surface area (Å²) >= 11 is 6.13. The molecule has 2 amide bonds. The predicted octanol–water partition coefficient (Wildman–Crippen LogP) is 5.42. The highest BCUT2D eigenvalue weighted by Crippen LogP contribution is 2.27. The molecule has 9 heteroatoms. The molecule has 4 rings (SSSR count). The van der Waals surface area contributed by atoms with Crippen LogP contribution in [0.25, 0.3) is 0 Å². The van der Waals surface area contributed by atoms with E-state index in [1.165, 1.54) is 0 Å². The van der Waals surface area contributed by atoms with E-state index in [-0.39, 0.29) is 18.5 Å². The van der Waals surface area contributed by atoms with Gasteiger partial charge < -0.3 is 10.2 Å². The van der Waals surface area contributed by atoms with Gasteiger partial charge in [-0.3, -0.25) is 13.9 Å². The van der Waals surface area contributed by atoms with E-state index >= 15 is 0 Å². The molecule has 1 N–H and O–H groups in total. The molecule has 1 saturated carbocycles. The topological polar surface area (TPSA) is 86.8 Å². The molecule has 0 spiro atoms. The molecule has 0 radical (unpaired) electrons. The van der Waals surface area contributed by atoms with Crippen molar-refractivity contribution >= 4 is 39.1 Å². The Bertz CT molecular complexity index is 1470. The molecule has 3 aromatic carbocycles. The van der Waals surface area contributed by atoms with Gasteiger partial charge in [0.2, 0.25) is 21.8 Å². The number of carbonyl (C=O) groups excluding carboxylic acids is 2. The van der Waals surface area contributed by atoms with Gasteiger partial charge in [0.05, 0.1) is 11.9 Å². The number of amides is 2. The molecule has 1 atom stereocenters. The summed E-state index contributed by atoms with van der Waals surface area (Å²) in [4.78, 5) is 29.7. The van der Waals surface area contributed by atoms with E-state index in [4.69, 9.17) is 11.6 Å². The van der Waals surface area contributed by atoms with Crippen LogP contribution in [0.5, 0.6) is 0 Å². The minimum Gasteiger partial charge on any atom is -0.352 e. The molecule has 1 aliphatic rings. The zero-order chi connectivity index (χ0) is 29.6. The Kier molecular flexibility index (Phi) is 10.1. The third kappa shape index (κ3) is 8.11. The van der Waals surface area contributed by atoms with Crippen molar-refractivity contribution < 1.29 is 18.0 Å². The van der Waals surface area contributed by atoms with Gasteiger partial charge in [-0.2, -0.15) is 0 Å². The normalized spacial score (nSPS) is 14.4. The Morgan fingerprint density at radius 2 is 1.61 bits per heavy atom. The first-order valence-corrected chi connectivity index (χ1v) is 16.2. The number of carbonyl (C=O) groups is 2. The molecule has 1 aliphatic carbocycles. The molecule has 1 fully saturated rings. The van der Waals surface area contributed by atoms with E-state index in [2.05, 4.69) is 5.32 Å². The van der Waals surface area contributed by atoms with Crippen molar-refractivity contribution in [3.05, 3.63) is 100 Å². The summed E-state index contributed by atoms with van der Waals surface area (Å²) in [5.74, 6) is -0.688. The molecule has 0 heterocycles. The second-order valence-corrected chi connectivity index (χ2v) is 13.2. The third-order valence-corrected chi connectivity index (χ3v) is 9.04. The number of aryl methyl sites for hydroxylation is 2. The van der Waals surface area contributed by atoms with E-state index in [0.717, 1.165) is 52.9 Å². The number of rotatable bonds is 11. The average molecular weight is 596 g/mol. The monoisotopic (exact) mass is 595 g/mol. The number of halogens is 1. The zero-order valence-corrected chi connectivity index (χ0v) is 25.4. The lowest BCUT2D eigenvalue weighted by atomic mass is 10.0. The molecule has 0 aliphatic heterocycles. The average Bonchev–Trinajstić information content (AvgIpc) is 3.43. The molecule has 3 aromatic rings. The van der Waals surface area contributed by atoms with Crippen LogP contribution in [0.2, 0.25) is 5.02 Å². The molecule has 0 unspecified atom stereocenters. The Labute approximate surface area is 248 Å². The van der Waals surface area contributed by atoms with Crippen LogP contribution in [0.15, 0.2) is 72.8 Å². The Balaban J connectivity index is 1.75. The molecule has 41 heavy (non-hydrogen) atoms. The van der Waals surface area contributed by atoms with Gasteiger partial charge in [-0.1, -0.05) is 79.0 Å². The molecule has 0 aromatic heterocycles. The van der Waals surface area contributed by atoms with Crippen LogP contribution in [0, 0.1) is 13.8 Å². The third-order valence-electron chi connectivity index (χ3n) is 7.68. The van der Waals surface area contributed by atoms with E-state index in [1.54, 1.807) is 30.0 Å². The number of nitrogens with one attached hydrogen (secondary N) is 1. The molecule has 0 saturated heterocycles. The Morgan fingerprint density at radius 1 is 0.951 bits per heavy atom. The van der Waals surface area contributed by atoms with Crippen LogP contribution < -0.4 is 9.62 Å². The Morgan fingerprint density at radius 3 is 2.24 bits per heavy atom. The van der Waals surface area contributed by atoms with Crippen LogP contribution in [0.4, 0.5) is 5.69 Å². The van der Waals surface area contributed by atoms with Crippen molar-refractivity contribution in [2.45, 2.75) is 64.6 Å². The largest absolute Gasteiger partial charge is 0.352 e. The van der Waals surface area contributed by atoms with Crippen LogP contribution in [-0.2, 0) is 32.6 Å². The van der Waals surface area contributed by atoms with Gasteiger partial charge in [0.15, 0.2) is 0 Å². The lowest BCUT2D eigenvalue weighted by molar-refractivity contribution is -0.140. The van der Waals surface area contributed by atoms with E-state index < -0.39 is 28.5 Å². The fraction of sp³-hybridized carbons (Fsp3) is 0.375. The molecular formula is C32H38ClN3O4S. The van der Waals surface area contributed by atoms with Gasteiger partial charge in [-0.05, 0) is 67.1 Å². The highest BCUT2D eigenvalue weighted by molar-refractivity contribution is 7.92. The molecule has 0 bridgehead atoms. The molecular weight excluding hydrogens is 558 g/mol. The van der Waals surface area contributed by atoms with Crippen molar-refractivity contribution in [3.8, 4) is 0 Å². The summed E-state index contributed by atoms with van der Waals surface area (Å²) in [6.45, 7) is 3.43. The zero-order valence-electron chi connectivity index (χ0n) is 23.8. The minimum atomic E-state index is -3.84. The molecule has 218 valence electrons. The first-order valence-electron chi connectivity index (χ1n) is 13.9. The standard InChI is InChI=1S/C32H38ClN3O4S/c1-23-11-7-8-14-26(23)21-35(31(37)22-36(41(3,39)40)29-18-17-27(33)19-24(29)2)30(20-25-12-5-4-6-13-25)32(38)34-28-15-9-10-16-28/h4-8,11-14,17-19,28,30H,9-10,15-16,20-22H2,1-3H3,(H,34,38)/t30-/m0/s1.